The zero-order valence-electron chi connectivity index (χ0n) is 11.1. The molecule has 0 bridgehead atoms. The molecule has 0 aliphatic carbocycles. The number of hydrogen-bond acceptors (Lipinski definition) is 4. The van der Waals surface area contributed by atoms with Crippen molar-refractivity contribution in [2.45, 2.75) is 19.6 Å². The highest BCUT2D eigenvalue weighted by Gasteiger charge is 2.33. The Bertz CT molecular complexity index is 515. The molecule has 1 heterocycles. The van der Waals surface area contributed by atoms with E-state index in [2.05, 4.69) is 0 Å². The topological polar surface area (TPSA) is 72.7 Å². The van der Waals surface area contributed by atoms with Crippen LogP contribution in [0.2, 0.25) is 0 Å². The average molecular weight is 276 g/mol. The number of amides is 1. The van der Waals surface area contributed by atoms with Crippen molar-refractivity contribution in [3.05, 3.63) is 58.3 Å². The second-order valence-corrected chi connectivity index (χ2v) is 4.75. The number of nitrogens with zero attached hydrogens (tertiary/aromatic N) is 2. The highest BCUT2D eigenvalue weighted by molar-refractivity contribution is 5.69. The van der Waals surface area contributed by atoms with Gasteiger partial charge in [-0.25, -0.2) is 4.79 Å². The molecule has 1 aromatic carbocycles. The molecule has 2 unspecified atom stereocenters. The molecule has 0 saturated heterocycles. The molecule has 6 heteroatoms. The Kier molecular flexibility index (Phi) is 4.34. The van der Waals surface area contributed by atoms with Crippen LogP contribution in [0.3, 0.4) is 0 Å². The van der Waals surface area contributed by atoms with Crippen LogP contribution in [0.25, 0.3) is 0 Å². The smallest absolute Gasteiger partial charge is 0.414 e. The highest BCUT2D eigenvalue weighted by atomic mass is 16.6. The summed E-state index contributed by atoms with van der Waals surface area (Å²) in [6.45, 7) is 1.96. The van der Waals surface area contributed by atoms with Gasteiger partial charge in [-0.2, -0.15) is 0 Å². The third kappa shape index (κ3) is 3.34. The molecular formula is C14H16N2O4. The Morgan fingerprint density at radius 3 is 2.80 bits per heavy atom. The number of carbonyl (C=O) groups is 1. The third-order valence-electron chi connectivity index (χ3n) is 3.27. The lowest BCUT2D eigenvalue weighted by atomic mass is 9.99. The molecule has 0 spiro atoms. The molecule has 20 heavy (non-hydrogen) atoms. The molecule has 106 valence electrons. The molecule has 1 aliphatic rings. The van der Waals surface area contributed by atoms with E-state index in [-0.39, 0.29) is 24.0 Å². The molecule has 0 N–H and O–H groups in total. The van der Waals surface area contributed by atoms with Crippen LogP contribution in [-0.4, -0.2) is 28.5 Å². The first-order chi connectivity index (χ1) is 9.58. The molecule has 0 saturated carbocycles. The van der Waals surface area contributed by atoms with Crippen LogP contribution in [0.1, 0.15) is 12.5 Å². The Labute approximate surface area is 116 Å². The number of nitro groups is 1. The van der Waals surface area contributed by atoms with Crippen molar-refractivity contribution in [2.75, 3.05) is 6.54 Å². The lowest BCUT2D eigenvalue weighted by molar-refractivity contribution is -0.529. The number of rotatable bonds is 3. The fourth-order valence-corrected chi connectivity index (χ4v) is 1.99. The minimum absolute atomic E-state index is 0.0400. The van der Waals surface area contributed by atoms with Crippen molar-refractivity contribution in [3.63, 3.8) is 0 Å². The summed E-state index contributed by atoms with van der Waals surface area (Å²) in [6, 6.07) is 8.50. The maximum Gasteiger partial charge on any atom is 0.414 e. The van der Waals surface area contributed by atoms with Crippen molar-refractivity contribution in [2.24, 2.45) is 5.92 Å². The summed E-state index contributed by atoms with van der Waals surface area (Å²) >= 11 is 0. The molecule has 2 rings (SSSR count). The molecule has 0 aromatic heterocycles. The SMILES string of the molecule is CC1C=CN(C(=O)OCc2ccccc2)CC1[N+](=O)[O-]. The highest BCUT2D eigenvalue weighted by Crippen LogP contribution is 2.17. The van der Waals surface area contributed by atoms with E-state index >= 15 is 0 Å². The van der Waals surface area contributed by atoms with Crippen LogP contribution < -0.4 is 0 Å². The largest absolute Gasteiger partial charge is 0.444 e. The van der Waals surface area contributed by atoms with Gasteiger partial charge in [0.05, 0.1) is 6.54 Å². The number of carbonyl (C=O) groups excluding carboxylic acids is 1. The van der Waals surface area contributed by atoms with Crippen molar-refractivity contribution >= 4 is 6.09 Å². The lowest BCUT2D eigenvalue weighted by Crippen LogP contribution is -2.43. The summed E-state index contributed by atoms with van der Waals surface area (Å²) in [5, 5.41) is 10.9. The summed E-state index contributed by atoms with van der Waals surface area (Å²) in [5.41, 5.74) is 0.876. The Morgan fingerprint density at radius 2 is 2.15 bits per heavy atom. The van der Waals surface area contributed by atoms with E-state index in [1.54, 1.807) is 19.2 Å². The number of benzene rings is 1. The normalized spacial score (nSPS) is 21.6. The van der Waals surface area contributed by atoms with E-state index < -0.39 is 12.1 Å². The number of hydrogen-bond donors (Lipinski definition) is 0. The zero-order valence-corrected chi connectivity index (χ0v) is 11.1. The second kappa shape index (κ2) is 6.18. The zero-order chi connectivity index (χ0) is 14.5. The molecular weight excluding hydrogens is 260 g/mol. The first-order valence-corrected chi connectivity index (χ1v) is 6.37. The Balaban J connectivity index is 1.93. The van der Waals surface area contributed by atoms with Crippen LogP contribution >= 0.6 is 0 Å². The maximum absolute atomic E-state index is 11.9. The maximum atomic E-state index is 11.9. The van der Waals surface area contributed by atoms with Gasteiger partial charge >= 0.3 is 6.09 Å². The summed E-state index contributed by atoms with van der Waals surface area (Å²) in [6.07, 6.45) is 2.64. The monoisotopic (exact) mass is 276 g/mol. The van der Waals surface area contributed by atoms with Gasteiger partial charge < -0.3 is 4.74 Å². The van der Waals surface area contributed by atoms with Crippen LogP contribution in [0.15, 0.2) is 42.6 Å². The van der Waals surface area contributed by atoms with E-state index in [0.717, 1.165) is 5.56 Å². The first kappa shape index (κ1) is 14.0. The lowest BCUT2D eigenvalue weighted by Gasteiger charge is -2.26. The van der Waals surface area contributed by atoms with Crippen molar-refractivity contribution in [1.29, 1.82) is 0 Å². The quantitative estimate of drug-likeness (QED) is 0.628. The standard InChI is InChI=1S/C14H16N2O4/c1-11-7-8-15(9-13(11)16(18)19)14(17)20-10-12-5-3-2-4-6-12/h2-8,11,13H,9-10H2,1H3. The Morgan fingerprint density at radius 1 is 1.45 bits per heavy atom. The molecule has 0 fully saturated rings. The second-order valence-electron chi connectivity index (χ2n) is 4.75. The first-order valence-electron chi connectivity index (χ1n) is 6.37. The van der Waals surface area contributed by atoms with Gasteiger partial charge in [0.25, 0.3) is 0 Å². The van der Waals surface area contributed by atoms with Crippen LogP contribution in [-0.2, 0) is 11.3 Å². The van der Waals surface area contributed by atoms with Crippen LogP contribution in [0, 0.1) is 16.0 Å². The van der Waals surface area contributed by atoms with Gasteiger partial charge in [0.1, 0.15) is 6.61 Å². The molecule has 1 aromatic rings. The van der Waals surface area contributed by atoms with E-state index in [4.69, 9.17) is 4.74 Å². The van der Waals surface area contributed by atoms with Crippen molar-refractivity contribution < 1.29 is 14.5 Å². The summed E-state index contributed by atoms with van der Waals surface area (Å²) in [4.78, 5) is 23.7. The van der Waals surface area contributed by atoms with Gasteiger partial charge in [0.2, 0.25) is 6.04 Å². The summed E-state index contributed by atoms with van der Waals surface area (Å²) in [5.74, 6) is -0.192. The molecule has 0 radical (unpaired) electrons. The number of ether oxygens (including phenoxy) is 1. The van der Waals surface area contributed by atoms with Gasteiger partial charge in [-0.3, -0.25) is 15.0 Å². The Hall–Kier alpha value is -2.37. The van der Waals surface area contributed by atoms with Crippen molar-refractivity contribution in [1.82, 2.24) is 4.90 Å². The van der Waals surface area contributed by atoms with Gasteiger partial charge in [-0.15, -0.1) is 0 Å². The van der Waals surface area contributed by atoms with Crippen molar-refractivity contribution in [3.8, 4) is 0 Å². The fraction of sp³-hybridized carbons (Fsp3) is 0.357. The van der Waals surface area contributed by atoms with E-state index in [9.17, 15) is 14.9 Å². The van der Waals surface area contributed by atoms with Gasteiger partial charge in [0.15, 0.2) is 0 Å². The minimum atomic E-state index is -0.788. The van der Waals surface area contributed by atoms with Gasteiger partial charge in [-0.05, 0) is 5.56 Å². The summed E-state index contributed by atoms with van der Waals surface area (Å²) in [7, 11) is 0. The van der Waals surface area contributed by atoms with E-state index in [1.807, 2.05) is 30.3 Å². The minimum Gasteiger partial charge on any atom is -0.444 e. The van der Waals surface area contributed by atoms with E-state index in [0.29, 0.717) is 0 Å². The molecule has 2 atom stereocenters. The average Bonchev–Trinajstić information content (AvgIpc) is 2.46. The summed E-state index contributed by atoms with van der Waals surface area (Å²) < 4.78 is 5.14. The third-order valence-corrected chi connectivity index (χ3v) is 3.27. The predicted octanol–water partition coefficient (Wildman–Crippen LogP) is 2.43. The molecule has 1 amide bonds. The van der Waals surface area contributed by atoms with Crippen LogP contribution in [0.4, 0.5) is 4.79 Å². The fourth-order valence-electron chi connectivity index (χ4n) is 1.99. The molecule has 1 aliphatic heterocycles. The van der Waals surface area contributed by atoms with Gasteiger partial charge in [0, 0.05) is 17.0 Å². The van der Waals surface area contributed by atoms with Crippen LogP contribution in [0.5, 0.6) is 0 Å². The predicted molar refractivity (Wildman–Crippen MR) is 72.4 cm³/mol. The van der Waals surface area contributed by atoms with E-state index in [1.165, 1.54) is 4.90 Å². The molecule has 6 nitrogen and oxygen atoms in total. The van der Waals surface area contributed by atoms with Gasteiger partial charge in [-0.1, -0.05) is 43.3 Å².